The third-order valence-electron chi connectivity index (χ3n) is 2.23. The van der Waals surface area contributed by atoms with Gasteiger partial charge < -0.3 is 10.1 Å². The van der Waals surface area contributed by atoms with Crippen LogP contribution in [0.25, 0.3) is 0 Å². The summed E-state index contributed by atoms with van der Waals surface area (Å²) in [5, 5.41) is 3.25. The van der Waals surface area contributed by atoms with E-state index in [2.05, 4.69) is 19.2 Å². The monoisotopic (exact) mass is 157 g/mol. The van der Waals surface area contributed by atoms with Crippen LogP contribution >= 0.6 is 0 Å². The largest absolute Gasteiger partial charge is 0.376 e. The van der Waals surface area contributed by atoms with Crippen molar-refractivity contribution in [1.82, 2.24) is 5.32 Å². The fourth-order valence-electron chi connectivity index (χ4n) is 1.32. The fourth-order valence-corrected chi connectivity index (χ4v) is 1.32. The summed E-state index contributed by atoms with van der Waals surface area (Å²) in [5.41, 5.74) is 0. The van der Waals surface area contributed by atoms with E-state index >= 15 is 0 Å². The first-order valence-corrected chi connectivity index (χ1v) is 4.53. The first-order chi connectivity index (χ1) is 5.24. The molecule has 1 aliphatic carbocycles. The maximum Gasteiger partial charge on any atom is 0.0728 e. The summed E-state index contributed by atoms with van der Waals surface area (Å²) in [5.74, 6) is 0.660. The van der Waals surface area contributed by atoms with Gasteiger partial charge in [-0.05, 0) is 25.8 Å². The normalized spacial score (nSPS) is 30.5. The van der Waals surface area contributed by atoms with E-state index < -0.39 is 0 Å². The fraction of sp³-hybridized carbons (Fsp3) is 1.00. The van der Waals surface area contributed by atoms with E-state index in [-0.39, 0.29) is 0 Å². The van der Waals surface area contributed by atoms with Gasteiger partial charge in [-0.3, -0.25) is 0 Å². The molecular formula is C9H19NO. The van der Waals surface area contributed by atoms with E-state index in [9.17, 15) is 0 Å². The van der Waals surface area contributed by atoms with Crippen molar-refractivity contribution in [3.8, 4) is 0 Å². The number of rotatable bonds is 4. The van der Waals surface area contributed by atoms with Crippen LogP contribution in [0.15, 0.2) is 0 Å². The molecule has 0 radical (unpaired) electrons. The quantitative estimate of drug-likeness (QED) is 0.666. The van der Waals surface area contributed by atoms with E-state index in [0.717, 1.165) is 6.61 Å². The zero-order valence-electron chi connectivity index (χ0n) is 7.76. The molecule has 1 aliphatic rings. The molecule has 1 fully saturated rings. The Labute approximate surface area is 69.3 Å². The maximum absolute atomic E-state index is 5.68. The predicted octanol–water partition coefficient (Wildman–Crippen LogP) is 1.41. The standard InChI is InChI=1S/C9H19NO/c1-7(2)6-11-9-5-4-8(9)10-3/h7-10H,4-6H2,1-3H3. The highest BCUT2D eigenvalue weighted by molar-refractivity contribution is 4.86. The van der Waals surface area contributed by atoms with Gasteiger partial charge >= 0.3 is 0 Å². The SMILES string of the molecule is CNC1CCC1OCC(C)C. The first kappa shape index (κ1) is 9.01. The Morgan fingerprint density at radius 3 is 2.55 bits per heavy atom. The van der Waals surface area contributed by atoms with E-state index in [1.807, 2.05) is 7.05 Å². The smallest absolute Gasteiger partial charge is 0.0728 e. The van der Waals surface area contributed by atoms with Gasteiger partial charge in [0, 0.05) is 12.6 Å². The molecule has 0 aromatic heterocycles. The van der Waals surface area contributed by atoms with Crippen molar-refractivity contribution in [2.45, 2.75) is 38.8 Å². The topological polar surface area (TPSA) is 21.3 Å². The summed E-state index contributed by atoms with van der Waals surface area (Å²) in [4.78, 5) is 0. The molecule has 0 saturated heterocycles. The number of hydrogen-bond donors (Lipinski definition) is 1. The number of ether oxygens (including phenoxy) is 1. The Hall–Kier alpha value is -0.0800. The third kappa shape index (κ3) is 2.46. The van der Waals surface area contributed by atoms with Crippen molar-refractivity contribution in [2.75, 3.05) is 13.7 Å². The molecule has 0 aromatic rings. The van der Waals surface area contributed by atoms with Gasteiger partial charge in [-0.2, -0.15) is 0 Å². The molecule has 11 heavy (non-hydrogen) atoms. The van der Waals surface area contributed by atoms with Crippen LogP contribution in [0.5, 0.6) is 0 Å². The van der Waals surface area contributed by atoms with Crippen LogP contribution in [0, 0.1) is 5.92 Å². The molecule has 2 atom stereocenters. The first-order valence-electron chi connectivity index (χ1n) is 4.53. The highest BCUT2D eigenvalue weighted by Gasteiger charge is 2.29. The lowest BCUT2D eigenvalue weighted by atomic mass is 9.89. The van der Waals surface area contributed by atoms with Gasteiger partial charge in [0.2, 0.25) is 0 Å². The number of nitrogens with one attached hydrogen (secondary N) is 1. The van der Waals surface area contributed by atoms with Crippen molar-refractivity contribution in [1.29, 1.82) is 0 Å². The minimum Gasteiger partial charge on any atom is -0.376 e. The molecule has 0 amide bonds. The Balaban J connectivity index is 2.07. The van der Waals surface area contributed by atoms with E-state index in [0.29, 0.717) is 18.1 Å². The van der Waals surface area contributed by atoms with Crippen molar-refractivity contribution in [3.63, 3.8) is 0 Å². The summed E-state index contributed by atoms with van der Waals surface area (Å²) < 4.78 is 5.68. The van der Waals surface area contributed by atoms with Crippen molar-refractivity contribution >= 4 is 0 Å². The lowest BCUT2D eigenvalue weighted by Gasteiger charge is -2.36. The molecule has 0 bridgehead atoms. The van der Waals surface area contributed by atoms with Gasteiger partial charge in [-0.15, -0.1) is 0 Å². The Bertz CT molecular complexity index is 112. The molecule has 66 valence electrons. The van der Waals surface area contributed by atoms with Gasteiger partial charge in [0.1, 0.15) is 0 Å². The van der Waals surface area contributed by atoms with Gasteiger partial charge in [-0.25, -0.2) is 0 Å². The minimum absolute atomic E-state index is 0.488. The molecule has 0 spiro atoms. The molecule has 2 nitrogen and oxygen atoms in total. The predicted molar refractivity (Wildman–Crippen MR) is 46.7 cm³/mol. The average molecular weight is 157 g/mol. The highest BCUT2D eigenvalue weighted by Crippen LogP contribution is 2.23. The Kier molecular flexibility index (Phi) is 3.34. The van der Waals surface area contributed by atoms with E-state index in [4.69, 9.17) is 4.74 Å². The molecule has 1 rings (SSSR count). The van der Waals surface area contributed by atoms with E-state index in [1.165, 1.54) is 12.8 Å². The second-order valence-corrected chi connectivity index (χ2v) is 3.74. The zero-order valence-corrected chi connectivity index (χ0v) is 7.76. The third-order valence-corrected chi connectivity index (χ3v) is 2.23. The van der Waals surface area contributed by atoms with Crippen LogP contribution in [0.2, 0.25) is 0 Å². The van der Waals surface area contributed by atoms with E-state index in [1.54, 1.807) is 0 Å². The van der Waals surface area contributed by atoms with Crippen LogP contribution < -0.4 is 5.32 Å². The van der Waals surface area contributed by atoms with Crippen LogP contribution in [0.3, 0.4) is 0 Å². The van der Waals surface area contributed by atoms with Crippen molar-refractivity contribution in [2.24, 2.45) is 5.92 Å². The van der Waals surface area contributed by atoms with Crippen LogP contribution in [-0.4, -0.2) is 25.8 Å². The van der Waals surface area contributed by atoms with Crippen molar-refractivity contribution in [3.05, 3.63) is 0 Å². The molecule has 0 aromatic carbocycles. The lowest BCUT2D eigenvalue weighted by molar-refractivity contribution is -0.0346. The second-order valence-electron chi connectivity index (χ2n) is 3.74. The molecular weight excluding hydrogens is 138 g/mol. The Morgan fingerprint density at radius 1 is 1.45 bits per heavy atom. The second kappa shape index (κ2) is 4.07. The summed E-state index contributed by atoms with van der Waals surface area (Å²) in [6, 6.07) is 0.619. The van der Waals surface area contributed by atoms with Crippen LogP contribution in [-0.2, 0) is 4.74 Å². The summed E-state index contributed by atoms with van der Waals surface area (Å²) in [6.07, 6.45) is 3.00. The lowest BCUT2D eigenvalue weighted by Crippen LogP contribution is -2.48. The van der Waals surface area contributed by atoms with Gasteiger partial charge in [-0.1, -0.05) is 13.8 Å². The summed E-state index contributed by atoms with van der Waals surface area (Å²) in [7, 11) is 2.01. The maximum atomic E-state index is 5.68. The molecule has 2 unspecified atom stereocenters. The molecule has 0 heterocycles. The molecule has 0 aliphatic heterocycles. The van der Waals surface area contributed by atoms with Gasteiger partial charge in [0.15, 0.2) is 0 Å². The zero-order chi connectivity index (χ0) is 8.27. The molecule has 2 heteroatoms. The number of hydrogen-bond acceptors (Lipinski definition) is 2. The van der Waals surface area contributed by atoms with Crippen LogP contribution in [0.4, 0.5) is 0 Å². The van der Waals surface area contributed by atoms with Crippen LogP contribution in [0.1, 0.15) is 26.7 Å². The average Bonchev–Trinajstić information content (AvgIpc) is 1.86. The summed E-state index contributed by atoms with van der Waals surface area (Å²) in [6.45, 7) is 5.28. The Morgan fingerprint density at radius 2 is 2.18 bits per heavy atom. The molecule has 1 saturated carbocycles. The molecule has 1 N–H and O–H groups in total. The highest BCUT2D eigenvalue weighted by atomic mass is 16.5. The van der Waals surface area contributed by atoms with Crippen molar-refractivity contribution < 1.29 is 4.74 Å². The number of likely N-dealkylation sites (N-methyl/N-ethyl adjacent to an activating group) is 1. The van der Waals surface area contributed by atoms with Gasteiger partial charge in [0.25, 0.3) is 0 Å². The van der Waals surface area contributed by atoms with Gasteiger partial charge in [0.05, 0.1) is 6.10 Å². The minimum atomic E-state index is 0.488. The summed E-state index contributed by atoms with van der Waals surface area (Å²) >= 11 is 0.